The Kier molecular flexibility index (Phi) is 5.01. The standard InChI is InChI=1S/C13H17ClN2O3/c14-11-4-3-9(15)6-12(11)16-13(17)8-18-7-10-2-1-5-19-10/h3-4,6,10H,1-2,5,7-8,15H2,(H,16,17). The molecule has 5 nitrogen and oxygen atoms in total. The van der Waals surface area contributed by atoms with Gasteiger partial charge in [0.1, 0.15) is 6.61 Å². The smallest absolute Gasteiger partial charge is 0.250 e. The van der Waals surface area contributed by atoms with E-state index in [1.165, 1.54) is 0 Å². The van der Waals surface area contributed by atoms with Gasteiger partial charge in [0.05, 0.1) is 23.4 Å². The summed E-state index contributed by atoms with van der Waals surface area (Å²) in [6.07, 6.45) is 2.16. The molecule has 0 saturated carbocycles. The quantitative estimate of drug-likeness (QED) is 0.812. The Morgan fingerprint density at radius 3 is 3.16 bits per heavy atom. The van der Waals surface area contributed by atoms with Gasteiger partial charge in [0.25, 0.3) is 0 Å². The first-order valence-corrected chi connectivity index (χ1v) is 6.57. The number of benzene rings is 1. The van der Waals surface area contributed by atoms with Crippen molar-refractivity contribution in [2.75, 3.05) is 30.9 Å². The second-order valence-corrected chi connectivity index (χ2v) is 4.84. The van der Waals surface area contributed by atoms with E-state index in [2.05, 4.69) is 5.32 Å². The lowest BCUT2D eigenvalue weighted by atomic mass is 10.2. The molecule has 0 bridgehead atoms. The van der Waals surface area contributed by atoms with Crippen LogP contribution in [0.15, 0.2) is 18.2 Å². The SMILES string of the molecule is Nc1ccc(Cl)c(NC(=O)COCC2CCCO2)c1. The molecule has 1 aromatic carbocycles. The van der Waals surface area contributed by atoms with Gasteiger partial charge in [-0.1, -0.05) is 11.6 Å². The number of carbonyl (C=O) groups is 1. The van der Waals surface area contributed by atoms with Crippen LogP contribution >= 0.6 is 11.6 Å². The molecule has 1 atom stereocenters. The number of hydrogen-bond acceptors (Lipinski definition) is 4. The van der Waals surface area contributed by atoms with E-state index >= 15 is 0 Å². The number of halogens is 1. The fraction of sp³-hybridized carbons (Fsp3) is 0.462. The van der Waals surface area contributed by atoms with Crippen molar-refractivity contribution in [3.05, 3.63) is 23.2 Å². The van der Waals surface area contributed by atoms with Crippen LogP contribution in [0.2, 0.25) is 5.02 Å². The molecule has 1 amide bonds. The first-order valence-electron chi connectivity index (χ1n) is 6.19. The van der Waals surface area contributed by atoms with Crippen LogP contribution in [0, 0.1) is 0 Å². The van der Waals surface area contributed by atoms with Crippen molar-refractivity contribution < 1.29 is 14.3 Å². The molecule has 1 aliphatic rings. The topological polar surface area (TPSA) is 73.6 Å². The summed E-state index contributed by atoms with van der Waals surface area (Å²) >= 11 is 5.95. The van der Waals surface area contributed by atoms with Gasteiger partial charge in [-0.15, -0.1) is 0 Å². The van der Waals surface area contributed by atoms with Crippen molar-refractivity contribution in [2.24, 2.45) is 0 Å². The highest BCUT2D eigenvalue weighted by Gasteiger charge is 2.16. The van der Waals surface area contributed by atoms with Crippen LogP contribution < -0.4 is 11.1 Å². The summed E-state index contributed by atoms with van der Waals surface area (Å²) in [5, 5.41) is 3.11. The van der Waals surface area contributed by atoms with Crippen LogP contribution in [0.4, 0.5) is 11.4 Å². The van der Waals surface area contributed by atoms with Crippen molar-refractivity contribution in [1.82, 2.24) is 0 Å². The van der Waals surface area contributed by atoms with Gasteiger partial charge in [-0.05, 0) is 31.0 Å². The van der Waals surface area contributed by atoms with E-state index in [1.807, 2.05) is 0 Å². The molecule has 1 aromatic rings. The molecular weight excluding hydrogens is 268 g/mol. The van der Waals surface area contributed by atoms with E-state index in [-0.39, 0.29) is 18.6 Å². The van der Waals surface area contributed by atoms with Gasteiger partial charge < -0.3 is 20.5 Å². The minimum absolute atomic E-state index is 0.0228. The molecule has 0 aliphatic carbocycles. The molecule has 1 aliphatic heterocycles. The molecule has 0 radical (unpaired) electrons. The van der Waals surface area contributed by atoms with Crippen molar-refractivity contribution in [1.29, 1.82) is 0 Å². The first-order chi connectivity index (χ1) is 9.15. The maximum absolute atomic E-state index is 11.7. The summed E-state index contributed by atoms with van der Waals surface area (Å²) in [6.45, 7) is 1.20. The number of nitrogens with one attached hydrogen (secondary N) is 1. The molecule has 19 heavy (non-hydrogen) atoms. The summed E-state index contributed by atoms with van der Waals surface area (Å²) in [5.74, 6) is -0.259. The fourth-order valence-corrected chi connectivity index (χ4v) is 2.05. The molecule has 0 spiro atoms. The predicted octanol–water partition coefficient (Wildman–Crippen LogP) is 2.06. The third kappa shape index (κ3) is 4.38. The lowest BCUT2D eigenvalue weighted by Gasteiger charge is -2.11. The normalized spacial score (nSPS) is 18.5. The Morgan fingerprint density at radius 1 is 1.58 bits per heavy atom. The second kappa shape index (κ2) is 6.75. The Balaban J connectivity index is 1.75. The average molecular weight is 285 g/mol. The average Bonchev–Trinajstić information content (AvgIpc) is 2.87. The zero-order valence-corrected chi connectivity index (χ0v) is 11.3. The minimum atomic E-state index is -0.259. The highest BCUT2D eigenvalue weighted by Crippen LogP contribution is 2.23. The number of nitrogen functional groups attached to an aromatic ring is 1. The van der Waals surface area contributed by atoms with Crippen LogP contribution in [-0.2, 0) is 14.3 Å². The van der Waals surface area contributed by atoms with Crippen molar-refractivity contribution >= 4 is 28.9 Å². The first kappa shape index (κ1) is 14.1. The van der Waals surface area contributed by atoms with Crippen molar-refractivity contribution in [2.45, 2.75) is 18.9 Å². The van der Waals surface area contributed by atoms with Crippen molar-refractivity contribution in [3.8, 4) is 0 Å². The van der Waals surface area contributed by atoms with E-state index in [0.717, 1.165) is 19.4 Å². The largest absolute Gasteiger partial charge is 0.399 e. The van der Waals surface area contributed by atoms with E-state index in [9.17, 15) is 4.79 Å². The van der Waals surface area contributed by atoms with Gasteiger partial charge >= 0.3 is 0 Å². The molecule has 1 fully saturated rings. The maximum Gasteiger partial charge on any atom is 0.250 e. The Bertz CT molecular complexity index is 448. The zero-order valence-electron chi connectivity index (χ0n) is 10.5. The predicted molar refractivity (Wildman–Crippen MR) is 74.3 cm³/mol. The van der Waals surface area contributed by atoms with Gasteiger partial charge in [-0.25, -0.2) is 0 Å². The molecule has 2 rings (SSSR count). The van der Waals surface area contributed by atoms with E-state index in [4.69, 9.17) is 26.8 Å². The van der Waals surface area contributed by atoms with Gasteiger partial charge in [0, 0.05) is 12.3 Å². The summed E-state index contributed by atoms with van der Waals surface area (Å²) in [6, 6.07) is 4.92. The lowest BCUT2D eigenvalue weighted by molar-refractivity contribution is -0.121. The Morgan fingerprint density at radius 2 is 2.42 bits per heavy atom. The van der Waals surface area contributed by atoms with Crippen LogP contribution in [0.25, 0.3) is 0 Å². The molecule has 1 heterocycles. The highest BCUT2D eigenvalue weighted by molar-refractivity contribution is 6.33. The molecule has 1 unspecified atom stereocenters. The van der Waals surface area contributed by atoms with Gasteiger partial charge in [-0.3, -0.25) is 4.79 Å². The summed E-state index contributed by atoms with van der Waals surface area (Å²) < 4.78 is 10.7. The summed E-state index contributed by atoms with van der Waals surface area (Å²) in [5.41, 5.74) is 6.66. The molecule has 104 valence electrons. The summed E-state index contributed by atoms with van der Waals surface area (Å²) in [7, 11) is 0. The van der Waals surface area contributed by atoms with Crippen LogP contribution in [0.5, 0.6) is 0 Å². The third-order valence-electron chi connectivity index (χ3n) is 2.83. The van der Waals surface area contributed by atoms with Crippen molar-refractivity contribution in [3.63, 3.8) is 0 Å². The number of nitrogens with two attached hydrogens (primary N) is 1. The summed E-state index contributed by atoms with van der Waals surface area (Å²) in [4.78, 5) is 11.7. The number of ether oxygens (including phenoxy) is 2. The number of anilines is 2. The van der Waals surface area contributed by atoms with Gasteiger partial charge in [-0.2, -0.15) is 0 Å². The van der Waals surface area contributed by atoms with E-state index in [0.29, 0.717) is 23.0 Å². The fourth-order valence-electron chi connectivity index (χ4n) is 1.88. The Hall–Kier alpha value is -1.30. The van der Waals surface area contributed by atoms with E-state index in [1.54, 1.807) is 18.2 Å². The number of amides is 1. The van der Waals surface area contributed by atoms with Crippen LogP contribution in [0.1, 0.15) is 12.8 Å². The third-order valence-corrected chi connectivity index (χ3v) is 3.15. The molecule has 1 saturated heterocycles. The number of carbonyl (C=O) groups excluding carboxylic acids is 1. The maximum atomic E-state index is 11.7. The zero-order chi connectivity index (χ0) is 13.7. The second-order valence-electron chi connectivity index (χ2n) is 4.44. The van der Waals surface area contributed by atoms with Gasteiger partial charge in [0.15, 0.2) is 0 Å². The van der Waals surface area contributed by atoms with Crippen LogP contribution in [0.3, 0.4) is 0 Å². The van der Waals surface area contributed by atoms with Gasteiger partial charge in [0.2, 0.25) is 5.91 Å². The lowest BCUT2D eigenvalue weighted by Crippen LogP contribution is -2.22. The van der Waals surface area contributed by atoms with E-state index < -0.39 is 0 Å². The molecule has 0 aromatic heterocycles. The molecule has 6 heteroatoms. The highest BCUT2D eigenvalue weighted by atomic mass is 35.5. The molecular formula is C13H17ClN2O3. The minimum Gasteiger partial charge on any atom is -0.399 e. The molecule has 3 N–H and O–H groups in total. The monoisotopic (exact) mass is 284 g/mol. The van der Waals surface area contributed by atoms with Crippen LogP contribution in [-0.4, -0.2) is 31.8 Å². The number of rotatable bonds is 5. The number of hydrogen-bond donors (Lipinski definition) is 2. The Labute approximate surface area is 117 Å².